The summed E-state index contributed by atoms with van der Waals surface area (Å²) in [5.41, 5.74) is 4.23. The Morgan fingerprint density at radius 1 is 1.05 bits per heavy atom. The molecule has 108 valence electrons. The number of hydrogen-bond donors (Lipinski definition) is 1. The quantitative estimate of drug-likeness (QED) is 0.576. The van der Waals surface area contributed by atoms with Gasteiger partial charge in [-0.25, -0.2) is 0 Å². The third-order valence-corrected chi connectivity index (χ3v) is 4.20. The highest BCUT2D eigenvalue weighted by Gasteiger charge is 2.20. The number of H-pyrrole nitrogens is 1. The monoisotopic (exact) mass is 316 g/mol. The molecule has 21 heavy (non-hydrogen) atoms. The smallest absolute Gasteiger partial charge is 0.182 e. The zero-order valence-electron chi connectivity index (χ0n) is 12.3. The average molecular weight is 317 g/mol. The molecule has 1 N–H and O–H groups in total. The van der Waals surface area contributed by atoms with Crippen LogP contribution in [-0.2, 0) is 5.41 Å². The predicted molar refractivity (Wildman–Crippen MR) is 92.2 cm³/mol. The fraction of sp³-hybridized carbons (Fsp3) is 0.235. The van der Waals surface area contributed by atoms with Gasteiger partial charge in [0, 0.05) is 0 Å². The van der Waals surface area contributed by atoms with Gasteiger partial charge in [0.25, 0.3) is 0 Å². The van der Waals surface area contributed by atoms with Crippen molar-refractivity contribution in [3.05, 3.63) is 57.8 Å². The maximum atomic E-state index is 6.40. The van der Waals surface area contributed by atoms with Crippen LogP contribution < -0.4 is 0 Å². The highest BCUT2D eigenvalue weighted by Crippen LogP contribution is 2.32. The van der Waals surface area contributed by atoms with Gasteiger partial charge in [-0.2, -0.15) is 0 Å². The Balaban J connectivity index is 2.43. The van der Waals surface area contributed by atoms with E-state index >= 15 is 0 Å². The number of aromatic nitrogens is 2. The van der Waals surface area contributed by atoms with Gasteiger partial charge in [0.1, 0.15) is 0 Å². The van der Waals surface area contributed by atoms with Crippen LogP contribution in [0.25, 0.3) is 16.7 Å². The average Bonchev–Trinajstić information content (AvgIpc) is 2.75. The van der Waals surface area contributed by atoms with E-state index in [1.807, 2.05) is 28.8 Å². The first-order chi connectivity index (χ1) is 9.89. The maximum absolute atomic E-state index is 6.40. The van der Waals surface area contributed by atoms with Crippen molar-refractivity contribution in [3.8, 4) is 5.69 Å². The number of rotatable bonds is 1. The van der Waals surface area contributed by atoms with Gasteiger partial charge < -0.3 is 4.98 Å². The Morgan fingerprint density at radius 2 is 1.76 bits per heavy atom. The maximum Gasteiger partial charge on any atom is 0.182 e. The second-order valence-corrected chi connectivity index (χ2v) is 6.96. The van der Waals surface area contributed by atoms with Crippen molar-refractivity contribution in [3.63, 3.8) is 0 Å². The predicted octanol–water partition coefficient (Wildman–Crippen LogP) is 5.64. The van der Waals surface area contributed by atoms with Crippen molar-refractivity contribution in [2.75, 3.05) is 0 Å². The van der Waals surface area contributed by atoms with E-state index in [-0.39, 0.29) is 5.41 Å². The van der Waals surface area contributed by atoms with Crippen LogP contribution in [0.1, 0.15) is 26.3 Å². The van der Waals surface area contributed by atoms with E-state index in [1.54, 1.807) is 0 Å². The van der Waals surface area contributed by atoms with Crippen LogP contribution in [0.4, 0.5) is 0 Å². The topological polar surface area (TPSA) is 20.7 Å². The molecule has 0 spiro atoms. The largest absolute Gasteiger partial charge is 0.330 e. The fourth-order valence-corrected chi connectivity index (χ4v) is 3.21. The summed E-state index contributed by atoms with van der Waals surface area (Å²) in [7, 11) is 0. The Labute approximate surface area is 134 Å². The number of fused-ring (bicyclic) bond motifs is 1. The third-order valence-electron chi connectivity index (χ3n) is 3.61. The lowest BCUT2D eigenvalue weighted by atomic mass is 9.86. The van der Waals surface area contributed by atoms with E-state index in [4.69, 9.17) is 23.8 Å². The molecule has 1 heterocycles. The highest BCUT2D eigenvalue weighted by atomic mass is 35.5. The second-order valence-electron chi connectivity index (χ2n) is 6.17. The summed E-state index contributed by atoms with van der Waals surface area (Å²) in [5, 5.41) is 0.698. The van der Waals surface area contributed by atoms with E-state index in [0.29, 0.717) is 9.79 Å². The van der Waals surface area contributed by atoms with Crippen molar-refractivity contribution < 1.29 is 0 Å². The fourth-order valence-electron chi connectivity index (χ4n) is 2.65. The van der Waals surface area contributed by atoms with Crippen molar-refractivity contribution in [1.29, 1.82) is 0 Å². The van der Waals surface area contributed by atoms with E-state index in [0.717, 1.165) is 16.7 Å². The zero-order valence-corrected chi connectivity index (χ0v) is 13.8. The summed E-state index contributed by atoms with van der Waals surface area (Å²) < 4.78 is 2.70. The van der Waals surface area contributed by atoms with Crippen LogP contribution in [0.2, 0.25) is 5.02 Å². The number of imidazole rings is 1. The van der Waals surface area contributed by atoms with Gasteiger partial charge in [-0.05, 0) is 41.4 Å². The Hall–Kier alpha value is -1.58. The van der Waals surface area contributed by atoms with E-state index in [9.17, 15) is 0 Å². The van der Waals surface area contributed by atoms with Gasteiger partial charge in [-0.15, -0.1) is 0 Å². The van der Waals surface area contributed by atoms with Crippen LogP contribution in [0, 0.1) is 4.77 Å². The molecule has 0 aliphatic heterocycles. The lowest BCUT2D eigenvalue weighted by Gasteiger charge is -2.23. The van der Waals surface area contributed by atoms with Crippen LogP contribution in [0.15, 0.2) is 42.5 Å². The SMILES string of the molecule is CC(C)(C)c1ccccc1-n1c(=S)[nH]c2cccc(Cl)c21. The summed E-state index contributed by atoms with van der Waals surface area (Å²) in [6.45, 7) is 6.60. The first-order valence-electron chi connectivity index (χ1n) is 6.89. The molecule has 2 aromatic carbocycles. The van der Waals surface area contributed by atoms with Gasteiger partial charge in [0.15, 0.2) is 4.77 Å². The highest BCUT2D eigenvalue weighted by molar-refractivity contribution is 7.71. The van der Waals surface area contributed by atoms with Gasteiger partial charge in [-0.1, -0.05) is 56.6 Å². The second kappa shape index (κ2) is 5.00. The lowest BCUT2D eigenvalue weighted by Crippen LogP contribution is -2.15. The number of benzene rings is 2. The van der Waals surface area contributed by atoms with Crippen molar-refractivity contribution in [2.24, 2.45) is 0 Å². The van der Waals surface area contributed by atoms with E-state index in [2.05, 4.69) is 44.0 Å². The number of nitrogens with zero attached hydrogens (tertiary/aromatic N) is 1. The van der Waals surface area contributed by atoms with Crippen molar-refractivity contribution >= 4 is 34.9 Å². The molecule has 0 radical (unpaired) electrons. The molecule has 0 fully saturated rings. The van der Waals surface area contributed by atoms with Crippen molar-refractivity contribution in [1.82, 2.24) is 9.55 Å². The normalized spacial score (nSPS) is 12.0. The molecule has 2 nitrogen and oxygen atoms in total. The van der Waals surface area contributed by atoms with Gasteiger partial charge >= 0.3 is 0 Å². The molecule has 0 bridgehead atoms. The molecule has 0 amide bonds. The van der Waals surface area contributed by atoms with Crippen LogP contribution in [-0.4, -0.2) is 9.55 Å². The molecule has 3 aromatic rings. The van der Waals surface area contributed by atoms with E-state index in [1.165, 1.54) is 5.56 Å². The van der Waals surface area contributed by atoms with Crippen molar-refractivity contribution in [2.45, 2.75) is 26.2 Å². The zero-order chi connectivity index (χ0) is 15.2. The molecule has 0 saturated carbocycles. The van der Waals surface area contributed by atoms with E-state index < -0.39 is 0 Å². The Morgan fingerprint density at radius 3 is 2.48 bits per heavy atom. The third kappa shape index (κ3) is 2.41. The molecule has 4 heteroatoms. The standard InChI is InChI=1S/C17H17ClN2S/c1-17(2,3)11-7-4-5-10-14(11)20-15-12(18)8-6-9-13(15)19-16(20)21/h4-10H,1-3H3,(H,19,21). The molecular formula is C17H17ClN2S. The molecule has 0 aliphatic rings. The lowest BCUT2D eigenvalue weighted by molar-refractivity contribution is 0.586. The minimum absolute atomic E-state index is 0.0240. The summed E-state index contributed by atoms with van der Waals surface area (Å²) in [4.78, 5) is 3.24. The molecule has 0 aliphatic carbocycles. The minimum Gasteiger partial charge on any atom is -0.330 e. The number of aromatic amines is 1. The molecule has 1 aromatic heterocycles. The molecule has 0 saturated heterocycles. The molecule has 3 rings (SSSR count). The molecule has 0 atom stereocenters. The number of hydrogen-bond acceptors (Lipinski definition) is 1. The molecular weight excluding hydrogens is 300 g/mol. The summed E-state index contributed by atoms with van der Waals surface area (Å²) in [6.07, 6.45) is 0. The minimum atomic E-state index is 0.0240. The first kappa shape index (κ1) is 14.4. The Bertz CT molecular complexity index is 868. The summed E-state index contributed by atoms with van der Waals surface area (Å²) >= 11 is 11.9. The van der Waals surface area contributed by atoms with Crippen LogP contribution in [0.5, 0.6) is 0 Å². The summed E-state index contributed by atoms with van der Waals surface area (Å²) in [6, 6.07) is 14.1. The number of nitrogens with one attached hydrogen (secondary N) is 1. The van der Waals surface area contributed by atoms with Crippen LogP contribution >= 0.6 is 23.8 Å². The van der Waals surface area contributed by atoms with Gasteiger partial charge in [0.05, 0.1) is 21.7 Å². The Kier molecular flexibility index (Phi) is 3.42. The van der Waals surface area contributed by atoms with Gasteiger partial charge in [-0.3, -0.25) is 4.57 Å². The van der Waals surface area contributed by atoms with Gasteiger partial charge in [0.2, 0.25) is 0 Å². The van der Waals surface area contributed by atoms with Crippen LogP contribution in [0.3, 0.4) is 0 Å². The first-order valence-corrected chi connectivity index (χ1v) is 7.67. The number of halogens is 1. The molecule has 0 unspecified atom stereocenters. The summed E-state index contributed by atoms with van der Waals surface area (Å²) in [5.74, 6) is 0. The number of para-hydroxylation sites is 2.